The molecule has 1 N–H and O–H groups in total. The molecule has 0 aromatic carbocycles. The Labute approximate surface area is 89.0 Å². The number of carbonyl (C=O) groups excluding carboxylic acids is 2. The molecule has 0 bridgehead atoms. The molecule has 3 unspecified atom stereocenters. The largest absolute Gasteiger partial charge is 0.324 e. The molecule has 1 saturated carbocycles. The molecule has 0 aromatic heterocycles. The Morgan fingerprint density at radius 3 is 2.67 bits per heavy atom. The molecule has 15 heavy (non-hydrogen) atoms. The van der Waals surface area contributed by atoms with Crippen molar-refractivity contribution in [2.24, 2.45) is 16.7 Å². The van der Waals surface area contributed by atoms with Crippen molar-refractivity contribution in [3.8, 4) is 0 Å². The molecule has 2 heterocycles. The van der Waals surface area contributed by atoms with Gasteiger partial charge < -0.3 is 4.90 Å². The van der Waals surface area contributed by atoms with Gasteiger partial charge in [-0.25, -0.2) is 4.79 Å². The molecule has 82 valence electrons. The van der Waals surface area contributed by atoms with E-state index in [0.717, 1.165) is 13.0 Å². The zero-order chi connectivity index (χ0) is 11.0. The maximum Gasteiger partial charge on any atom is 0.324 e. The Morgan fingerprint density at radius 2 is 2.00 bits per heavy atom. The summed E-state index contributed by atoms with van der Waals surface area (Å²) in [4.78, 5) is 25.4. The Bertz CT molecular complexity index is 377. The summed E-state index contributed by atoms with van der Waals surface area (Å²) in [5, 5.41) is 2.48. The van der Waals surface area contributed by atoms with E-state index < -0.39 is 0 Å². The number of nitrogens with zero attached hydrogens (tertiary/aromatic N) is 1. The van der Waals surface area contributed by atoms with Crippen LogP contribution in [-0.2, 0) is 4.79 Å². The number of hydrogen-bond acceptors (Lipinski definition) is 2. The van der Waals surface area contributed by atoms with E-state index in [2.05, 4.69) is 19.2 Å². The van der Waals surface area contributed by atoms with Crippen LogP contribution < -0.4 is 5.32 Å². The molecule has 3 aliphatic rings. The van der Waals surface area contributed by atoms with Gasteiger partial charge in [0.15, 0.2) is 0 Å². The van der Waals surface area contributed by atoms with E-state index in [-0.39, 0.29) is 28.8 Å². The van der Waals surface area contributed by atoms with Gasteiger partial charge in [-0.3, -0.25) is 10.1 Å². The molecule has 4 heteroatoms. The van der Waals surface area contributed by atoms with Gasteiger partial charge in [-0.05, 0) is 24.7 Å². The van der Waals surface area contributed by atoms with Crippen molar-refractivity contribution in [2.45, 2.75) is 33.2 Å². The molecule has 3 rings (SSSR count). The summed E-state index contributed by atoms with van der Waals surface area (Å²) in [7, 11) is 0. The van der Waals surface area contributed by atoms with Crippen LogP contribution in [0.1, 0.15) is 27.2 Å². The van der Waals surface area contributed by atoms with E-state index in [4.69, 9.17) is 0 Å². The molecule has 0 spiro atoms. The first-order chi connectivity index (χ1) is 6.90. The standard InChI is InChI=1S/C11H16N2O2/c1-10(2)6-4-5-13-7(6)11(10,3)8(14)12-9(13)15/h6-7H,4-5H2,1-3H3,(H,12,14,15). The fraction of sp³-hybridized carbons (Fsp3) is 0.818. The normalized spacial score (nSPS) is 45.9. The Hall–Kier alpha value is -1.06. The van der Waals surface area contributed by atoms with Gasteiger partial charge in [0.1, 0.15) is 0 Å². The highest BCUT2D eigenvalue weighted by Gasteiger charge is 2.74. The van der Waals surface area contributed by atoms with Gasteiger partial charge in [-0.1, -0.05) is 13.8 Å². The lowest BCUT2D eigenvalue weighted by atomic mass is 9.42. The Balaban J connectivity index is 2.10. The molecule has 3 amide bonds. The third-order valence-corrected chi connectivity index (χ3v) is 5.21. The molecular weight excluding hydrogens is 192 g/mol. The summed E-state index contributed by atoms with van der Waals surface area (Å²) in [5.41, 5.74) is -0.376. The molecule has 2 aliphatic heterocycles. The summed E-state index contributed by atoms with van der Waals surface area (Å²) >= 11 is 0. The third-order valence-electron chi connectivity index (χ3n) is 5.21. The summed E-state index contributed by atoms with van der Waals surface area (Å²) in [6, 6.07) is -0.0470. The van der Waals surface area contributed by atoms with Crippen molar-refractivity contribution in [1.82, 2.24) is 10.2 Å². The number of rotatable bonds is 0. The lowest BCUT2D eigenvalue weighted by Crippen LogP contribution is -2.77. The predicted molar refractivity (Wildman–Crippen MR) is 54.0 cm³/mol. The highest BCUT2D eigenvalue weighted by Crippen LogP contribution is 2.66. The summed E-state index contributed by atoms with van der Waals surface area (Å²) in [5.74, 6) is 0.411. The van der Waals surface area contributed by atoms with Crippen LogP contribution in [0.15, 0.2) is 0 Å². The van der Waals surface area contributed by atoms with Gasteiger partial charge >= 0.3 is 6.03 Å². The van der Waals surface area contributed by atoms with Crippen molar-refractivity contribution in [3.05, 3.63) is 0 Å². The van der Waals surface area contributed by atoms with Gasteiger partial charge in [0.05, 0.1) is 11.5 Å². The third kappa shape index (κ3) is 0.703. The van der Waals surface area contributed by atoms with Crippen LogP contribution in [0.5, 0.6) is 0 Å². The number of hydrogen-bond donors (Lipinski definition) is 1. The zero-order valence-corrected chi connectivity index (χ0v) is 9.33. The Morgan fingerprint density at radius 1 is 1.33 bits per heavy atom. The van der Waals surface area contributed by atoms with Gasteiger partial charge in [0, 0.05) is 6.54 Å². The van der Waals surface area contributed by atoms with Gasteiger partial charge in [0.2, 0.25) is 5.91 Å². The van der Waals surface area contributed by atoms with E-state index in [1.165, 1.54) is 0 Å². The second-order valence-electron chi connectivity index (χ2n) is 5.72. The van der Waals surface area contributed by atoms with Crippen LogP contribution in [0, 0.1) is 16.7 Å². The minimum absolute atomic E-state index is 0.0111. The molecule has 1 aliphatic carbocycles. The lowest BCUT2D eigenvalue weighted by Gasteiger charge is -2.65. The minimum atomic E-state index is -0.387. The van der Waals surface area contributed by atoms with Gasteiger partial charge in [-0.2, -0.15) is 0 Å². The first-order valence-electron chi connectivity index (χ1n) is 5.53. The van der Waals surface area contributed by atoms with E-state index in [1.54, 1.807) is 0 Å². The smallest absolute Gasteiger partial charge is 0.320 e. The highest BCUT2D eigenvalue weighted by atomic mass is 16.2. The average Bonchev–Trinajstić information content (AvgIpc) is 2.58. The molecule has 4 nitrogen and oxygen atoms in total. The fourth-order valence-corrected chi connectivity index (χ4v) is 3.89. The first-order valence-corrected chi connectivity index (χ1v) is 5.53. The molecule has 0 radical (unpaired) electrons. The topological polar surface area (TPSA) is 49.4 Å². The second-order valence-corrected chi connectivity index (χ2v) is 5.72. The maximum atomic E-state index is 12.0. The molecular formula is C11H16N2O2. The Kier molecular flexibility index (Phi) is 1.35. The number of carbonyl (C=O) groups is 2. The second kappa shape index (κ2) is 2.20. The van der Waals surface area contributed by atoms with Gasteiger partial charge in [-0.15, -0.1) is 0 Å². The predicted octanol–water partition coefficient (Wildman–Crippen LogP) is 0.973. The monoisotopic (exact) mass is 208 g/mol. The van der Waals surface area contributed by atoms with Crippen LogP contribution in [0.3, 0.4) is 0 Å². The fourth-order valence-electron chi connectivity index (χ4n) is 3.89. The average molecular weight is 208 g/mol. The number of urea groups is 1. The SMILES string of the molecule is CC1(C)C2CCN3C(=O)NC(=O)C1(C)C23. The number of nitrogens with one attached hydrogen (secondary N) is 1. The van der Waals surface area contributed by atoms with Crippen molar-refractivity contribution in [1.29, 1.82) is 0 Å². The van der Waals surface area contributed by atoms with E-state index in [1.807, 2.05) is 11.8 Å². The zero-order valence-electron chi connectivity index (χ0n) is 9.33. The maximum absolute atomic E-state index is 12.0. The number of amides is 3. The summed E-state index contributed by atoms with van der Waals surface area (Å²) < 4.78 is 0. The van der Waals surface area contributed by atoms with Crippen LogP contribution in [0.4, 0.5) is 4.79 Å². The minimum Gasteiger partial charge on any atom is -0.320 e. The van der Waals surface area contributed by atoms with E-state index in [9.17, 15) is 9.59 Å². The van der Waals surface area contributed by atoms with Crippen molar-refractivity contribution < 1.29 is 9.59 Å². The van der Waals surface area contributed by atoms with Crippen molar-refractivity contribution in [2.75, 3.05) is 6.54 Å². The van der Waals surface area contributed by atoms with E-state index >= 15 is 0 Å². The van der Waals surface area contributed by atoms with Crippen molar-refractivity contribution >= 4 is 11.9 Å². The van der Waals surface area contributed by atoms with E-state index in [0.29, 0.717) is 5.92 Å². The summed E-state index contributed by atoms with van der Waals surface area (Å²) in [6.45, 7) is 7.09. The van der Waals surface area contributed by atoms with Crippen LogP contribution in [0.2, 0.25) is 0 Å². The van der Waals surface area contributed by atoms with Crippen molar-refractivity contribution in [3.63, 3.8) is 0 Å². The lowest BCUT2D eigenvalue weighted by molar-refractivity contribution is -0.183. The highest BCUT2D eigenvalue weighted by molar-refractivity contribution is 6.02. The van der Waals surface area contributed by atoms with Crippen LogP contribution in [-0.4, -0.2) is 29.4 Å². The van der Waals surface area contributed by atoms with Crippen LogP contribution in [0.25, 0.3) is 0 Å². The molecule has 0 aromatic rings. The molecule has 3 fully saturated rings. The molecule has 3 atom stereocenters. The molecule has 2 saturated heterocycles. The quantitative estimate of drug-likeness (QED) is 0.645. The number of imide groups is 1. The summed E-state index contributed by atoms with van der Waals surface area (Å²) in [6.07, 6.45) is 1.04. The van der Waals surface area contributed by atoms with Gasteiger partial charge in [0.25, 0.3) is 0 Å². The first kappa shape index (κ1) is 9.19. The van der Waals surface area contributed by atoms with Crippen LogP contribution >= 0.6 is 0 Å².